The Hall–Kier alpha value is -0.870. The topological polar surface area (TPSA) is 52.6 Å². The molecule has 0 aromatic heterocycles. The summed E-state index contributed by atoms with van der Waals surface area (Å²) in [6.07, 6.45) is 2.77. The van der Waals surface area contributed by atoms with Crippen molar-refractivity contribution in [3.63, 3.8) is 0 Å². The van der Waals surface area contributed by atoms with Gasteiger partial charge < -0.3 is 15.3 Å². The molecule has 0 aliphatic heterocycles. The number of rotatable bonds is 8. The molecule has 0 bridgehead atoms. The molecule has 82 valence electrons. The van der Waals surface area contributed by atoms with Crippen LogP contribution in [-0.2, 0) is 4.79 Å². The van der Waals surface area contributed by atoms with E-state index in [2.05, 4.69) is 24.1 Å². The van der Waals surface area contributed by atoms with Crippen LogP contribution in [0.2, 0.25) is 0 Å². The summed E-state index contributed by atoms with van der Waals surface area (Å²) in [6, 6.07) is 0. The Balaban J connectivity index is 3.32. The maximum Gasteiger partial charge on any atom is 0.328 e. The van der Waals surface area contributed by atoms with Gasteiger partial charge in [0.1, 0.15) is 0 Å². The third kappa shape index (κ3) is 7.76. The molecule has 0 rings (SSSR count). The van der Waals surface area contributed by atoms with Crippen molar-refractivity contribution in [3.05, 3.63) is 12.2 Å². The quantitative estimate of drug-likeness (QED) is 0.444. The van der Waals surface area contributed by atoms with Crippen molar-refractivity contribution in [2.75, 3.05) is 32.7 Å². The van der Waals surface area contributed by atoms with Gasteiger partial charge in [-0.25, -0.2) is 4.79 Å². The molecule has 4 nitrogen and oxygen atoms in total. The fraction of sp³-hybridized carbons (Fsp3) is 0.700. The lowest BCUT2D eigenvalue weighted by molar-refractivity contribution is -0.131. The summed E-state index contributed by atoms with van der Waals surface area (Å²) in [5.74, 6) is -0.893. The smallest absolute Gasteiger partial charge is 0.328 e. The minimum Gasteiger partial charge on any atom is -0.478 e. The third-order valence-electron chi connectivity index (χ3n) is 2.02. The maximum absolute atomic E-state index is 10.1. The van der Waals surface area contributed by atoms with Crippen molar-refractivity contribution in [1.82, 2.24) is 10.2 Å². The van der Waals surface area contributed by atoms with Crippen molar-refractivity contribution in [2.24, 2.45) is 0 Å². The molecule has 4 heteroatoms. The summed E-state index contributed by atoms with van der Waals surface area (Å²) in [4.78, 5) is 12.4. The van der Waals surface area contributed by atoms with Gasteiger partial charge in [-0.15, -0.1) is 0 Å². The van der Waals surface area contributed by atoms with Gasteiger partial charge in [0.25, 0.3) is 0 Å². The van der Waals surface area contributed by atoms with Gasteiger partial charge in [-0.05, 0) is 13.1 Å². The minimum absolute atomic E-state index is 0.619. The van der Waals surface area contributed by atoms with E-state index in [1.54, 1.807) is 6.08 Å². The Morgan fingerprint density at radius 1 is 1.43 bits per heavy atom. The van der Waals surface area contributed by atoms with E-state index in [9.17, 15) is 4.79 Å². The average Bonchev–Trinajstić information content (AvgIpc) is 2.16. The number of hydrogen-bond acceptors (Lipinski definition) is 3. The Morgan fingerprint density at radius 3 is 2.57 bits per heavy atom. The Bertz CT molecular complexity index is 177. The number of carbonyl (C=O) groups is 1. The lowest BCUT2D eigenvalue weighted by Crippen LogP contribution is -2.31. The van der Waals surface area contributed by atoms with E-state index < -0.39 is 5.97 Å². The SMILES string of the molecule is CCN(CC)CCNC/C=C/C(=O)O. The van der Waals surface area contributed by atoms with Gasteiger partial charge in [0.05, 0.1) is 0 Å². The molecule has 0 radical (unpaired) electrons. The molecule has 0 aromatic carbocycles. The van der Waals surface area contributed by atoms with Crippen LogP contribution in [0.4, 0.5) is 0 Å². The Kier molecular flexibility index (Phi) is 8.17. The van der Waals surface area contributed by atoms with E-state index in [4.69, 9.17) is 5.11 Å². The highest BCUT2D eigenvalue weighted by Crippen LogP contribution is 1.83. The van der Waals surface area contributed by atoms with E-state index in [0.717, 1.165) is 32.3 Å². The highest BCUT2D eigenvalue weighted by atomic mass is 16.4. The van der Waals surface area contributed by atoms with Crippen LogP contribution in [0.25, 0.3) is 0 Å². The third-order valence-corrected chi connectivity index (χ3v) is 2.02. The van der Waals surface area contributed by atoms with E-state index in [1.165, 1.54) is 0 Å². The summed E-state index contributed by atoms with van der Waals surface area (Å²) < 4.78 is 0. The second-order valence-corrected chi connectivity index (χ2v) is 2.97. The fourth-order valence-corrected chi connectivity index (χ4v) is 1.12. The molecule has 0 saturated carbocycles. The zero-order valence-corrected chi connectivity index (χ0v) is 8.99. The van der Waals surface area contributed by atoms with Crippen LogP contribution in [0.5, 0.6) is 0 Å². The summed E-state index contributed by atoms with van der Waals surface area (Å²) >= 11 is 0. The zero-order valence-electron chi connectivity index (χ0n) is 8.99. The largest absolute Gasteiger partial charge is 0.478 e. The van der Waals surface area contributed by atoms with Crippen molar-refractivity contribution >= 4 is 5.97 Å². The fourth-order valence-electron chi connectivity index (χ4n) is 1.12. The van der Waals surface area contributed by atoms with Gasteiger partial charge in [-0.1, -0.05) is 19.9 Å². The number of likely N-dealkylation sites (N-methyl/N-ethyl adjacent to an activating group) is 1. The molecule has 0 saturated heterocycles. The number of nitrogens with one attached hydrogen (secondary N) is 1. The Labute approximate surface area is 85.6 Å². The first-order valence-electron chi connectivity index (χ1n) is 5.03. The molecule has 0 spiro atoms. The second kappa shape index (κ2) is 8.72. The minimum atomic E-state index is -0.893. The van der Waals surface area contributed by atoms with Crippen LogP contribution in [-0.4, -0.2) is 48.7 Å². The zero-order chi connectivity index (χ0) is 10.8. The highest BCUT2D eigenvalue weighted by Gasteiger charge is 1.96. The van der Waals surface area contributed by atoms with Gasteiger partial charge in [0, 0.05) is 25.7 Å². The van der Waals surface area contributed by atoms with E-state index >= 15 is 0 Å². The Morgan fingerprint density at radius 2 is 2.07 bits per heavy atom. The van der Waals surface area contributed by atoms with Crippen LogP contribution < -0.4 is 5.32 Å². The molecular weight excluding hydrogens is 180 g/mol. The maximum atomic E-state index is 10.1. The van der Waals surface area contributed by atoms with Gasteiger partial charge >= 0.3 is 5.97 Å². The number of carboxylic acids is 1. The number of hydrogen-bond donors (Lipinski definition) is 2. The van der Waals surface area contributed by atoms with Crippen LogP contribution in [0, 0.1) is 0 Å². The van der Waals surface area contributed by atoms with Crippen molar-refractivity contribution < 1.29 is 9.90 Å². The normalized spacial score (nSPS) is 11.4. The summed E-state index contributed by atoms with van der Waals surface area (Å²) in [7, 11) is 0. The molecule has 0 atom stereocenters. The predicted octanol–water partition coefficient (Wildman–Crippen LogP) is 0.559. The predicted molar refractivity (Wildman–Crippen MR) is 57.4 cm³/mol. The van der Waals surface area contributed by atoms with E-state index in [0.29, 0.717) is 6.54 Å². The average molecular weight is 200 g/mol. The molecule has 0 amide bonds. The van der Waals surface area contributed by atoms with Crippen molar-refractivity contribution in [1.29, 1.82) is 0 Å². The number of nitrogens with zero attached hydrogens (tertiary/aromatic N) is 1. The number of carboxylic acid groups (broad SMARTS) is 1. The van der Waals surface area contributed by atoms with Gasteiger partial charge in [0.15, 0.2) is 0 Å². The summed E-state index contributed by atoms with van der Waals surface area (Å²) in [5, 5.41) is 11.5. The monoisotopic (exact) mass is 200 g/mol. The molecule has 0 aliphatic carbocycles. The molecule has 0 aliphatic rings. The molecule has 0 fully saturated rings. The lowest BCUT2D eigenvalue weighted by Gasteiger charge is -2.17. The van der Waals surface area contributed by atoms with Crippen LogP contribution in [0.15, 0.2) is 12.2 Å². The van der Waals surface area contributed by atoms with Gasteiger partial charge in [-0.2, -0.15) is 0 Å². The first-order chi connectivity index (χ1) is 6.70. The first kappa shape index (κ1) is 13.1. The van der Waals surface area contributed by atoms with E-state index in [1.807, 2.05) is 0 Å². The molecule has 0 aromatic rings. The van der Waals surface area contributed by atoms with E-state index in [-0.39, 0.29) is 0 Å². The molecule has 14 heavy (non-hydrogen) atoms. The highest BCUT2D eigenvalue weighted by molar-refractivity contribution is 5.79. The van der Waals surface area contributed by atoms with Crippen LogP contribution >= 0.6 is 0 Å². The second-order valence-electron chi connectivity index (χ2n) is 2.97. The molecule has 2 N–H and O–H groups in total. The summed E-state index contributed by atoms with van der Waals surface area (Å²) in [5.41, 5.74) is 0. The van der Waals surface area contributed by atoms with Crippen LogP contribution in [0.3, 0.4) is 0 Å². The standard InChI is InChI=1S/C10H20N2O2/c1-3-12(4-2)9-8-11-7-5-6-10(13)14/h5-6,11H,3-4,7-9H2,1-2H3,(H,13,14)/b6-5+. The summed E-state index contributed by atoms with van der Waals surface area (Å²) in [6.45, 7) is 8.90. The number of aliphatic carboxylic acids is 1. The molecule has 0 unspecified atom stereocenters. The van der Waals surface area contributed by atoms with Crippen molar-refractivity contribution in [3.8, 4) is 0 Å². The molecular formula is C10H20N2O2. The van der Waals surface area contributed by atoms with Crippen LogP contribution in [0.1, 0.15) is 13.8 Å². The molecule has 0 heterocycles. The van der Waals surface area contributed by atoms with Crippen molar-refractivity contribution in [2.45, 2.75) is 13.8 Å². The van der Waals surface area contributed by atoms with Gasteiger partial charge in [0.2, 0.25) is 0 Å². The first-order valence-corrected chi connectivity index (χ1v) is 5.03. The lowest BCUT2D eigenvalue weighted by atomic mass is 10.4. The van der Waals surface area contributed by atoms with Gasteiger partial charge in [-0.3, -0.25) is 0 Å².